The van der Waals surface area contributed by atoms with E-state index < -0.39 is 64.9 Å². The van der Waals surface area contributed by atoms with Gasteiger partial charge in [-0.05, 0) is 66.8 Å². The Labute approximate surface area is 212 Å². The first-order valence-electron chi connectivity index (χ1n) is 11.7. The molecule has 1 aliphatic heterocycles. The second-order valence-electron chi connectivity index (χ2n) is 9.02. The zero-order valence-electron chi connectivity index (χ0n) is 20.3. The van der Waals surface area contributed by atoms with Gasteiger partial charge in [0.05, 0.1) is 29.0 Å². The van der Waals surface area contributed by atoms with Gasteiger partial charge in [-0.1, -0.05) is 13.8 Å². The number of alkyl halides is 9. The van der Waals surface area contributed by atoms with Crippen LogP contribution in [0.4, 0.5) is 50.0 Å². The van der Waals surface area contributed by atoms with Crippen molar-refractivity contribution in [2.24, 2.45) is 5.73 Å². The van der Waals surface area contributed by atoms with E-state index in [1.165, 1.54) is 4.90 Å². The zero-order valence-corrected chi connectivity index (χ0v) is 20.3. The van der Waals surface area contributed by atoms with Gasteiger partial charge in [0.25, 0.3) is 0 Å². The van der Waals surface area contributed by atoms with Crippen molar-refractivity contribution in [1.82, 2.24) is 0 Å². The molecule has 4 nitrogen and oxygen atoms in total. The summed E-state index contributed by atoms with van der Waals surface area (Å²) < 4.78 is 126. The number of nitrogens with two attached hydrogens (primary N) is 1. The molecule has 2 aromatic carbocycles. The van der Waals surface area contributed by atoms with E-state index in [1.54, 1.807) is 13.8 Å². The molecule has 210 valence electrons. The Morgan fingerprint density at radius 3 is 1.95 bits per heavy atom. The van der Waals surface area contributed by atoms with Gasteiger partial charge in [-0.2, -0.15) is 39.5 Å². The summed E-state index contributed by atoms with van der Waals surface area (Å²) >= 11 is 0. The standard InChI is InChI=1S/C25H25F9N2O2/c1-3-7-38-22(37)36-17(4-2)12-19(18-11-14(23(26,27)28)5-6-20(18)36)21(35)13-8-15(24(29,30)31)10-16(9-13)25(32,33)34/h5-6,8-11,17,19,21H,3-4,7,12,35H2,1-2H3/t17-,19-,21-/m1/s1. The van der Waals surface area contributed by atoms with Crippen molar-refractivity contribution in [3.05, 3.63) is 64.2 Å². The van der Waals surface area contributed by atoms with Crippen LogP contribution in [0.15, 0.2) is 36.4 Å². The quantitative estimate of drug-likeness (QED) is 0.379. The fraction of sp³-hybridized carbons (Fsp3) is 0.480. The Balaban J connectivity index is 2.20. The number of hydrogen-bond donors (Lipinski definition) is 1. The summed E-state index contributed by atoms with van der Waals surface area (Å²) in [6.45, 7) is 3.45. The molecule has 13 heteroatoms. The summed E-state index contributed by atoms with van der Waals surface area (Å²) in [5, 5.41) is 0. The van der Waals surface area contributed by atoms with Gasteiger partial charge in [-0.3, -0.25) is 4.90 Å². The minimum atomic E-state index is -5.13. The molecule has 0 saturated carbocycles. The van der Waals surface area contributed by atoms with Gasteiger partial charge in [0.2, 0.25) is 0 Å². The highest BCUT2D eigenvalue weighted by atomic mass is 19.4. The molecule has 2 N–H and O–H groups in total. The van der Waals surface area contributed by atoms with Crippen molar-refractivity contribution in [2.45, 2.75) is 69.6 Å². The molecular formula is C25H25F9N2O2. The first-order chi connectivity index (χ1) is 17.5. The molecule has 0 bridgehead atoms. The Morgan fingerprint density at radius 1 is 0.921 bits per heavy atom. The molecule has 0 aliphatic carbocycles. The van der Waals surface area contributed by atoms with E-state index >= 15 is 0 Å². The molecule has 0 aromatic heterocycles. The molecule has 3 atom stereocenters. The van der Waals surface area contributed by atoms with Gasteiger partial charge < -0.3 is 10.5 Å². The summed E-state index contributed by atoms with van der Waals surface area (Å²) in [7, 11) is 0. The van der Waals surface area contributed by atoms with E-state index in [4.69, 9.17) is 10.5 Å². The number of carbonyl (C=O) groups is 1. The van der Waals surface area contributed by atoms with Crippen LogP contribution in [0.25, 0.3) is 0 Å². The Kier molecular flexibility index (Phi) is 8.30. The average molecular weight is 556 g/mol. The fourth-order valence-corrected chi connectivity index (χ4v) is 4.57. The molecule has 0 spiro atoms. The molecule has 2 aromatic rings. The van der Waals surface area contributed by atoms with Crippen LogP contribution in [0.3, 0.4) is 0 Å². The summed E-state index contributed by atoms with van der Waals surface area (Å²) in [6, 6.07) is 1.16. The molecule has 0 saturated heterocycles. The van der Waals surface area contributed by atoms with Crippen molar-refractivity contribution in [2.75, 3.05) is 11.5 Å². The highest BCUT2D eigenvalue weighted by molar-refractivity contribution is 5.90. The lowest BCUT2D eigenvalue weighted by Gasteiger charge is -2.42. The predicted molar refractivity (Wildman–Crippen MR) is 120 cm³/mol. The molecule has 0 radical (unpaired) electrons. The second-order valence-corrected chi connectivity index (χ2v) is 9.02. The second kappa shape index (κ2) is 10.7. The van der Waals surface area contributed by atoms with Crippen LogP contribution in [-0.4, -0.2) is 18.7 Å². The molecule has 1 aliphatic rings. The van der Waals surface area contributed by atoms with E-state index in [0.29, 0.717) is 18.6 Å². The van der Waals surface area contributed by atoms with Crippen LogP contribution in [0.5, 0.6) is 0 Å². The molecule has 38 heavy (non-hydrogen) atoms. The largest absolute Gasteiger partial charge is 0.449 e. The molecule has 1 amide bonds. The number of nitrogens with zero attached hydrogens (tertiary/aromatic N) is 1. The van der Waals surface area contributed by atoms with Crippen molar-refractivity contribution < 1.29 is 49.0 Å². The van der Waals surface area contributed by atoms with E-state index in [9.17, 15) is 44.3 Å². The maximum Gasteiger partial charge on any atom is 0.416 e. The number of benzene rings is 2. The van der Waals surface area contributed by atoms with Crippen LogP contribution in [-0.2, 0) is 23.3 Å². The maximum absolute atomic E-state index is 13.6. The molecule has 1 heterocycles. The monoisotopic (exact) mass is 556 g/mol. The SMILES string of the molecule is CCCOC(=O)N1c2ccc(C(F)(F)F)cc2[C@H]([C@H](N)c2cc(C(F)(F)F)cc(C(F)(F)F)c2)C[C@H]1CC. The third-order valence-electron chi connectivity index (χ3n) is 6.43. The molecule has 3 rings (SSSR count). The van der Waals surface area contributed by atoms with Crippen molar-refractivity contribution in [3.8, 4) is 0 Å². The van der Waals surface area contributed by atoms with Gasteiger partial charge in [-0.15, -0.1) is 0 Å². The van der Waals surface area contributed by atoms with E-state index in [1.807, 2.05) is 0 Å². The topological polar surface area (TPSA) is 55.6 Å². The molecule has 0 unspecified atom stereocenters. The smallest absolute Gasteiger partial charge is 0.416 e. The normalized spacial score (nSPS) is 19.2. The summed E-state index contributed by atoms with van der Waals surface area (Å²) in [5.41, 5.74) is 1.28. The summed E-state index contributed by atoms with van der Waals surface area (Å²) in [6.07, 6.45) is -15.3. The minimum absolute atomic E-state index is 0.000624. The van der Waals surface area contributed by atoms with E-state index in [0.717, 1.165) is 18.2 Å². The van der Waals surface area contributed by atoms with Gasteiger partial charge in [0.1, 0.15) is 0 Å². The first-order valence-corrected chi connectivity index (χ1v) is 11.7. The zero-order chi connectivity index (χ0) is 28.6. The Morgan fingerprint density at radius 2 is 1.47 bits per heavy atom. The third-order valence-corrected chi connectivity index (χ3v) is 6.43. The third kappa shape index (κ3) is 6.19. The Hall–Kier alpha value is -2.96. The highest BCUT2D eigenvalue weighted by Crippen LogP contribution is 2.48. The number of hydrogen-bond acceptors (Lipinski definition) is 3. The minimum Gasteiger partial charge on any atom is -0.449 e. The number of anilines is 1. The van der Waals surface area contributed by atoms with Crippen molar-refractivity contribution >= 4 is 11.8 Å². The predicted octanol–water partition coefficient (Wildman–Crippen LogP) is 8.06. The molecule has 0 fully saturated rings. The van der Waals surface area contributed by atoms with E-state index in [2.05, 4.69) is 0 Å². The van der Waals surface area contributed by atoms with Crippen LogP contribution in [0.2, 0.25) is 0 Å². The van der Waals surface area contributed by atoms with Gasteiger partial charge in [0.15, 0.2) is 0 Å². The number of halogens is 9. The van der Waals surface area contributed by atoms with Gasteiger partial charge in [-0.25, -0.2) is 4.79 Å². The van der Waals surface area contributed by atoms with Crippen LogP contribution >= 0.6 is 0 Å². The number of rotatable bonds is 5. The first kappa shape index (κ1) is 29.6. The van der Waals surface area contributed by atoms with Crippen molar-refractivity contribution in [3.63, 3.8) is 0 Å². The molecular weight excluding hydrogens is 531 g/mol. The summed E-state index contributed by atoms with van der Waals surface area (Å²) in [5.74, 6) is -1.14. The van der Waals surface area contributed by atoms with Crippen LogP contribution < -0.4 is 10.6 Å². The number of amides is 1. The Bertz CT molecular complexity index is 1130. The van der Waals surface area contributed by atoms with E-state index in [-0.39, 0.29) is 36.8 Å². The van der Waals surface area contributed by atoms with Crippen molar-refractivity contribution in [1.29, 1.82) is 0 Å². The lowest BCUT2D eigenvalue weighted by atomic mass is 9.77. The fourth-order valence-electron chi connectivity index (χ4n) is 4.57. The average Bonchev–Trinajstić information content (AvgIpc) is 2.83. The van der Waals surface area contributed by atoms with Crippen LogP contribution in [0, 0.1) is 0 Å². The maximum atomic E-state index is 13.6. The van der Waals surface area contributed by atoms with Gasteiger partial charge in [0, 0.05) is 18.0 Å². The summed E-state index contributed by atoms with van der Waals surface area (Å²) in [4.78, 5) is 14.0. The van der Waals surface area contributed by atoms with Crippen LogP contribution in [0.1, 0.15) is 72.9 Å². The number of carbonyl (C=O) groups excluding carboxylic acids is 1. The highest BCUT2D eigenvalue weighted by Gasteiger charge is 2.43. The van der Waals surface area contributed by atoms with Gasteiger partial charge >= 0.3 is 24.6 Å². The number of ether oxygens (including phenoxy) is 1. The lowest BCUT2D eigenvalue weighted by molar-refractivity contribution is -0.143. The lowest BCUT2D eigenvalue weighted by Crippen LogP contribution is -2.46. The number of fused-ring (bicyclic) bond motifs is 1.